The van der Waals surface area contributed by atoms with Gasteiger partial charge in [0.2, 0.25) is 0 Å². The molecule has 0 spiro atoms. The third-order valence-electron chi connectivity index (χ3n) is 1.78. The van der Waals surface area contributed by atoms with Crippen LogP contribution in [-0.2, 0) is 10.1 Å². The van der Waals surface area contributed by atoms with E-state index < -0.39 is 39.6 Å². The van der Waals surface area contributed by atoms with Gasteiger partial charge in [-0.1, -0.05) is 0 Å². The molecule has 4 nitrogen and oxygen atoms in total. The van der Waals surface area contributed by atoms with Gasteiger partial charge in [-0.25, -0.2) is 8.78 Å². The summed E-state index contributed by atoms with van der Waals surface area (Å²) in [5.74, 6) is -21.9. The molecule has 0 fully saturated rings. The van der Waals surface area contributed by atoms with Gasteiger partial charge >= 0.3 is 39.6 Å². The lowest BCUT2D eigenvalue weighted by Gasteiger charge is -2.34. The molecule has 0 aromatic carbocycles. The second-order valence-corrected chi connectivity index (χ2v) is 5.03. The highest BCUT2D eigenvalue weighted by molar-refractivity contribution is 7.87. The van der Waals surface area contributed by atoms with E-state index in [0.717, 1.165) is 0 Å². The summed E-state index contributed by atoms with van der Waals surface area (Å²) in [6.45, 7) is 0. The molecular formula is C7H9F10NO3S. The third kappa shape index (κ3) is 3.73. The van der Waals surface area contributed by atoms with Crippen LogP contribution in [0.15, 0.2) is 0 Å². The maximum Gasteiger partial charge on any atom is 0.438 e. The maximum absolute atomic E-state index is 12.5. The number of nitrogens with one attached hydrogen (secondary N) is 1. The van der Waals surface area contributed by atoms with Crippen LogP contribution in [-0.4, -0.2) is 56.5 Å². The fraction of sp³-hybridized carbons (Fsp3) is 1.00. The highest BCUT2D eigenvalue weighted by Crippen LogP contribution is 2.55. The van der Waals surface area contributed by atoms with E-state index in [1.54, 1.807) is 0 Å². The molecule has 0 aliphatic heterocycles. The van der Waals surface area contributed by atoms with E-state index in [9.17, 15) is 52.3 Å². The van der Waals surface area contributed by atoms with Gasteiger partial charge < -0.3 is 5.32 Å². The first-order valence-corrected chi connectivity index (χ1v) is 6.15. The first kappa shape index (κ1) is 23.4. The normalized spacial score (nSPS) is 14.6. The lowest BCUT2D eigenvalue weighted by atomic mass is 10.1. The minimum Gasteiger partial charge on any atom is -0.323 e. The van der Waals surface area contributed by atoms with Crippen LogP contribution in [0.4, 0.5) is 43.9 Å². The van der Waals surface area contributed by atoms with Gasteiger partial charge in [-0.15, -0.1) is 0 Å². The van der Waals surface area contributed by atoms with Crippen LogP contribution in [0.2, 0.25) is 0 Å². The summed E-state index contributed by atoms with van der Waals surface area (Å²) in [4.78, 5) is 0. The van der Waals surface area contributed by atoms with Crippen molar-refractivity contribution in [3.8, 4) is 0 Å². The summed E-state index contributed by atoms with van der Waals surface area (Å²) < 4.78 is 149. The largest absolute Gasteiger partial charge is 0.438 e. The highest BCUT2D eigenvalue weighted by Gasteiger charge is 2.86. The van der Waals surface area contributed by atoms with Gasteiger partial charge in [0.1, 0.15) is 0 Å². The van der Waals surface area contributed by atoms with Crippen LogP contribution < -0.4 is 5.32 Å². The molecule has 0 aliphatic rings. The predicted octanol–water partition coefficient (Wildman–Crippen LogP) is 2.47. The zero-order valence-corrected chi connectivity index (χ0v) is 11.3. The summed E-state index contributed by atoms with van der Waals surface area (Å²) in [5, 5.41) is -4.36. The topological polar surface area (TPSA) is 66.4 Å². The van der Waals surface area contributed by atoms with Gasteiger partial charge in [-0.2, -0.15) is 43.5 Å². The Labute approximate surface area is 117 Å². The lowest BCUT2D eigenvalue weighted by molar-refractivity contribution is -0.369. The smallest absolute Gasteiger partial charge is 0.323 e. The summed E-state index contributed by atoms with van der Waals surface area (Å²) in [6.07, 6.45) is -5.49. The zero-order chi connectivity index (χ0) is 18.8. The molecule has 15 heteroatoms. The number of hydrogen-bond acceptors (Lipinski definition) is 3. The molecule has 22 heavy (non-hydrogen) atoms. The summed E-state index contributed by atoms with van der Waals surface area (Å²) in [5.41, 5.74) is 0. The van der Waals surface area contributed by atoms with Crippen molar-refractivity contribution in [1.82, 2.24) is 5.32 Å². The Kier molecular flexibility index (Phi) is 7.18. The molecule has 0 bridgehead atoms. The third-order valence-corrected chi connectivity index (χ3v) is 2.68. The SMILES string of the molecule is CNC.O=S(=O)(O)C(F)(F)C(F)(F)C(F)(F)C(F)(F)C(F)F. The van der Waals surface area contributed by atoms with E-state index in [2.05, 4.69) is 5.32 Å². The summed E-state index contributed by atoms with van der Waals surface area (Å²) in [6, 6.07) is 0. The van der Waals surface area contributed by atoms with Crippen molar-refractivity contribution in [3.05, 3.63) is 0 Å². The molecule has 136 valence electrons. The van der Waals surface area contributed by atoms with Crippen LogP contribution in [0, 0.1) is 0 Å². The molecule has 0 heterocycles. The quantitative estimate of drug-likeness (QED) is 0.571. The number of alkyl halides is 10. The molecule has 0 aromatic rings. The van der Waals surface area contributed by atoms with Gasteiger partial charge in [0.25, 0.3) is 0 Å². The van der Waals surface area contributed by atoms with Crippen LogP contribution in [0.5, 0.6) is 0 Å². The van der Waals surface area contributed by atoms with E-state index in [-0.39, 0.29) is 0 Å². The van der Waals surface area contributed by atoms with Gasteiger partial charge in [-0.3, -0.25) is 4.55 Å². The van der Waals surface area contributed by atoms with Crippen LogP contribution in [0.25, 0.3) is 0 Å². The first-order valence-electron chi connectivity index (χ1n) is 4.71. The zero-order valence-electron chi connectivity index (χ0n) is 10.5. The van der Waals surface area contributed by atoms with E-state index in [1.165, 1.54) is 0 Å². The predicted molar refractivity (Wildman–Crippen MR) is 52.3 cm³/mol. The van der Waals surface area contributed by atoms with Crippen LogP contribution in [0.3, 0.4) is 0 Å². The molecule has 0 aliphatic carbocycles. The summed E-state index contributed by atoms with van der Waals surface area (Å²) >= 11 is 0. The Bertz CT molecular complexity index is 463. The number of rotatable bonds is 5. The molecule has 0 saturated carbocycles. The number of hydrogen-bond donors (Lipinski definition) is 2. The molecule has 0 rings (SSSR count). The van der Waals surface area contributed by atoms with Crippen molar-refractivity contribution in [1.29, 1.82) is 0 Å². The van der Waals surface area contributed by atoms with Crippen molar-refractivity contribution in [3.63, 3.8) is 0 Å². The standard InChI is InChI=1S/C5H2F10O3S.C2H7N/c6-1(7)2(8,9)3(10,11)4(12,13)5(14,15)19(16,17)18;1-3-2/h1H,(H,16,17,18);3H,1-2H3. The molecule has 0 saturated heterocycles. The Morgan fingerprint density at radius 1 is 0.864 bits per heavy atom. The van der Waals surface area contributed by atoms with Crippen molar-refractivity contribution < 1.29 is 56.9 Å². The average molecular weight is 377 g/mol. The Morgan fingerprint density at radius 3 is 1.32 bits per heavy atom. The van der Waals surface area contributed by atoms with E-state index in [4.69, 9.17) is 4.55 Å². The van der Waals surface area contributed by atoms with Crippen molar-refractivity contribution >= 4 is 10.1 Å². The lowest BCUT2D eigenvalue weighted by Crippen LogP contribution is -2.66. The average Bonchev–Trinajstić information content (AvgIpc) is 2.27. The Morgan fingerprint density at radius 2 is 1.14 bits per heavy atom. The van der Waals surface area contributed by atoms with Gasteiger partial charge in [-0.05, 0) is 14.1 Å². The van der Waals surface area contributed by atoms with Crippen LogP contribution >= 0.6 is 0 Å². The fourth-order valence-electron chi connectivity index (χ4n) is 0.691. The minimum atomic E-state index is -7.49. The molecule has 0 unspecified atom stereocenters. The van der Waals surface area contributed by atoms with Crippen molar-refractivity contribution in [2.45, 2.75) is 29.4 Å². The number of halogens is 10. The highest BCUT2D eigenvalue weighted by atomic mass is 32.2. The minimum absolute atomic E-state index is 1.88. The molecule has 0 radical (unpaired) electrons. The maximum atomic E-state index is 12.5. The van der Waals surface area contributed by atoms with E-state index in [1.807, 2.05) is 14.1 Å². The fourth-order valence-corrected chi connectivity index (χ4v) is 1.14. The second kappa shape index (κ2) is 6.74. The van der Waals surface area contributed by atoms with Crippen molar-refractivity contribution in [2.24, 2.45) is 0 Å². The first-order chi connectivity index (χ1) is 9.36. The summed E-state index contributed by atoms with van der Waals surface area (Å²) in [7, 11) is -3.52. The Balaban J connectivity index is 0. The van der Waals surface area contributed by atoms with Gasteiger partial charge in [0.15, 0.2) is 0 Å². The molecular weight excluding hydrogens is 368 g/mol. The van der Waals surface area contributed by atoms with E-state index in [0.29, 0.717) is 0 Å². The Hall–Kier alpha value is -0.830. The molecule has 0 atom stereocenters. The molecule has 0 amide bonds. The van der Waals surface area contributed by atoms with Crippen molar-refractivity contribution in [2.75, 3.05) is 14.1 Å². The monoisotopic (exact) mass is 377 g/mol. The second-order valence-electron chi connectivity index (χ2n) is 3.56. The molecule has 2 N–H and O–H groups in total. The van der Waals surface area contributed by atoms with E-state index >= 15 is 0 Å². The van der Waals surface area contributed by atoms with Crippen LogP contribution in [0.1, 0.15) is 0 Å². The van der Waals surface area contributed by atoms with Gasteiger partial charge in [0, 0.05) is 0 Å². The molecule has 0 aromatic heterocycles. The van der Waals surface area contributed by atoms with Gasteiger partial charge in [0.05, 0.1) is 0 Å².